The molecule has 0 atom stereocenters. The van der Waals surface area contributed by atoms with E-state index in [1.54, 1.807) is 0 Å². The molecule has 6 heteroatoms. The number of halogens is 2. The van der Waals surface area contributed by atoms with E-state index in [-0.39, 0.29) is 24.8 Å². The van der Waals surface area contributed by atoms with Crippen LogP contribution in [-0.4, -0.2) is 41.0 Å². The van der Waals surface area contributed by atoms with Gasteiger partial charge in [0, 0.05) is 18.9 Å². The van der Waals surface area contributed by atoms with Crippen LogP contribution in [0.3, 0.4) is 0 Å². The van der Waals surface area contributed by atoms with E-state index in [4.69, 9.17) is 4.98 Å². The van der Waals surface area contributed by atoms with Crippen molar-refractivity contribution in [1.82, 2.24) is 19.6 Å². The molecule has 0 amide bonds. The van der Waals surface area contributed by atoms with E-state index in [0.717, 1.165) is 24.7 Å². The van der Waals surface area contributed by atoms with E-state index in [1.165, 1.54) is 37.2 Å². The number of aryl methyl sites for hydroxylation is 1. The minimum atomic E-state index is 0. The fourth-order valence-electron chi connectivity index (χ4n) is 3.10. The van der Waals surface area contributed by atoms with Crippen LogP contribution in [0.25, 0.3) is 5.65 Å². The highest BCUT2D eigenvalue weighted by Gasteiger charge is 2.19. The lowest BCUT2D eigenvalue weighted by atomic mass is 9.97. The van der Waals surface area contributed by atoms with Crippen molar-refractivity contribution in [2.45, 2.75) is 26.3 Å². The van der Waals surface area contributed by atoms with Crippen molar-refractivity contribution >= 4 is 30.5 Å². The monoisotopic (exact) mass is 344 g/mol. The first-order valence-electron chi connectivity index (χ1n) is 7.56. The number of pyridine rings is 1. The Bertz CT molecular complexity index is 577. The molecule has 1 saturated heterocycles. The van der Waals surface area contributed by atoms with E-state index in [0.29, 0.717) is 0 Å². The summed E-state index contributed by atoms with van der Waals surface area (Å²) in [7, 11) is 2.05. The summed E-state index contributed by atoms with van der Waals surface area (Å²) < 4.78 is 2.14. The normalized spacial score (nSPS) is 16.3. The number of fused-ring (bicyclic) bond motifs is 1. The molecule has 0 aromatic carbocycles. The molecule has 1 fully saturated rings. The minimum absolute atomic E-state index is 0. The fourth-order valence-corrected chi connectivity index (χ4v) is 3.10. The maximum Gasteiger partial charge on any atom is 0.137 e. The van der Waals surface area contributed by atoms with Crippen LogP contribution in [0.15, 0.2) is 24.5 Å². The van der Waals surface area contributed by atoms with Gasteiger partial charge in [-0.3, -0.25) is 4.90 Å². The van der Waals surface area contributed by atoms with Crippen LogP contribution < -0.4 is 5.32 Å². The lowest BCUT2D eigenvalue weighted by Gasteiger charge is -2.31. The van der Waals surface area contributed by atoms with Crippen molar-refractivity contribution in [1.29, 1.82) is 0 Å². The van der Waals surface area contributed by atoms with Crippen molar-refractivity contribution in [3.63, 3.8) is 0 Å². The number of piperidine rings is 1. The van der Waals surface area contributed by atoms with Gasteiger partial charge in [0.1, 0.15) is 5.65 Å². The number of hydrogen-bond acceptors (Lipinski definition) is 3. The summed E-state index contributed by atoms with van der Waals surface area (Å²) in [5, 5.41) is 3.29. The largest absolute Gasteiger partial charge is 0.319 e. The number of imidazole rings is 1. The number of rotatable bonds is 4. The van der Waals surface area contributed by atoms with Gasteiger partial charge < -0.3 is 9.72 Å². The highest BCUT2D eigenvalue weighted by Crippen LogP contribution is 2.18. The number of hydrogen-bond donors (Lipinski definition) is 1. The quantitative estimate of drug-likeness (QED) is 0.925. The van der Waals surface area contributed by atoms with E-state index in [1.807, 2.05) is 7.05 Å². The summed E-state index contributed by atoms with van der Waals surface area (Å²) in [4.78, 5) is 7.24. The Morgan fingerprint density at radius 3 is 2.59 bits per heavy atom. The van der Waals surface area contributed by atoms with E-state index < -0.39 is 0 Å². The molecule has 1 N–H and O–H groups in total. The lowest BCUT2D eigenvalue weighted by Crippen LogP contribution is -2.36. The molecular formula is C16H26Cl2N4. The van der Waals surface area contributed by atoms with Crippen LogP contribution in [0.5, 0.6) is 0 Å². The molecule has 1 aliphatic rings. The average Bonchev–Trinajstić information content (AvgIpc) is 2.82. The van der Waals surface area contributed by atoms with E-state index in [2.05, 4.69) is 46.1 Å². The van der Waals surface area contributed by atoms with Crippen molar-refractivity contribution in [3.8, 4) is 0 Å². The van der Waals surface area contributed by atoms with Gasteiger partial charge in [0.25, 0.3) is 0 Å². The highest BCUT2D eigenvalue weighted by molar-refractivity contribution is 5.85. The van der Waals surface area contributed by atoms with Crippen molar-refractivity contribution in [2.24, 2.45) is 5.92 Å². The summed E-state index contributed by atoms with van der Waals surface area (Å²) in [6.07, 6.45) is 6.91. The van der Waals surface area contributed by atoms with Gasteiger partial charge in [0.2, 0.25) is 0 Å². The van der Waals surface area contributed by atoms with Gasteiger partial charge >= 0.3 is 0 Å². The van der Waals surface area contributed by atoms with Gasteiger partial charge in [-0.15, -0.1) is 24.8 Å². The van der Waals surface area contributed by atoms with E-state index >= 15 is 0 Å². The maximum absolute atomic E-state index is 4.71. The van der Waals surface area contributed by atoms with Gasteiger partial charge in [-0.2, -0.15) is 0 Å². The number of nitrogens with one attached hydrogen (secondary N) is 1. The topological polar surface area (TPSA) is 32.6 Å². The average molecular weight is 345 g/mol. The zero-order chi connectivity index (χ0) is 13.9. The minimum Gasteiger partial charge on any atom is -0.319 e. The molecule has 3 rings (SSSR count). The highest BCUT2D eigenvalue weighted by atomic mass is 35.5. The molecule has 22 heavy (non-hydrogen) atoms. The Morgan fingerprint density at radius 1 is 1.18 bits per heavy atom. The van der Waals surface area contributed by atoms with Gasteiger partial charge in [-0.1, -0.05) is 6.07 Å². The van der Waals surface area contributed by atoms with Crippen LogP contribution in [0.1, 0.15) is 24.1 Å². The Morgan fingerprint density at radius 2 is 1.91 bits per heavy atom. The van der Waals surface area contributed by atoms with Crippen LogP contribution >= 0.6 is 24.8 Å². The Balaban J connectivity index is 0.00000121. The molecule has 3 heterocycles. The van der Waals surface area contributed by atoms with E-state index in [9.17, 15) is 0 Å². The maximum atomic E-state index is 4.71. The second kappa shape index (κ2) is 8.73. The van der Waals surface area contributed by atoms with Crippen LogP contribution in [0.2, 0.25) is 0 Å². The predicted molar refractivity (Wildman–Crippen MR) is 96.4 cm³/mol. The molecule has 0 spiro atoms. The standard InChI is InChI=1S/C16H24N4.2ClH/c1-13-3-4-16-18-15(12-20(16)10-13)11-19-7-5-14(6-8-19)9-17-2;;/h3-4,10,12,14,17H,5-9,11H2,1-2H3;2*1H. The van der Waals surface area contributed by atoms with Crippen LogP contribution in [0.4, 0.5) is 0 Å². The van der Waals surface area contributed by atoms with Crippen molar-refractivity contribution < 1.29 is 0 Å². The van der Waals surface area contributed by atoms with Gasteiger partial charge in [-0.25, -0.2) is 4.98 Å². The summed E-state index contributed by atoms with van der Waals surface area (Å²) in [6.45, 7) is 6.64. The zero-order valence-electron chi connectivity index (χ0n) is 13.3. The molecule has 0 saturated carbocycles. The first-order chi connectivity index (χ1) is 9.74. The second-order valence-corrected chi connectivity index (χ2v) is 5.98. The summed E-state index contributed by atoms with van der Waals surface area (Å²) in [5.74, 6) is 0.847. The molecule has 2 aromatic rings. The summed E-state index contributed by atoms with van der Waals surface area (Å²) >= 11 is 0. The molecule has 0 aliphatic carbocycles. The predicted octanol–water partition coefficient (Wildman–Crippen LogP) is 2.92. The van der Waals surface area contributed by atoms with Crippen molar-refractivity contribution in [2.75, 3.05) is 26.7 Å². The third-order valence-electron chi connectivity index (χ3n) is 4.23. The molecular weight excluding hydrogens is 319 g/mol. The van der Waals surface area contributed by atoms with Gasteiger partial charge in [0.15, 0.2) is 0 Å². The van der Waals surface area contributed by atoms with Crippen molar-refractivity contribution in [3.05, 3.63) is 35.8 Å². The van der Waals surface area contributed by atoms with Crippen LogP contribution in [0, 0.1) is 12.8 Å². The third-order valence-corrected chi connectivity index (χ3v) is 4.23. The molecule has 0 unspecified atom stereocenters. The molecule has 4 nitrogen and oxygen atoms in total. The summed E-state index contributed by atoms with van der Waals surface area (Å²) in [6, 6.07) is 4.22. The Labute approximate surface area is 145 Å². The second-order valence-electron chi connectivity index (χ2n) is 5.98. The SMILES string of the molecule is CNCC1CCN(Cc2cn3cc(C)ccc3n2)CC1.Cl.Cl. The number of aromatic nitrogens is 2. The van der Waals surface area contributed by atoms with Crippen LogP contribution in [-0.2, 0) is 6.54 Å². The zero-order valence-corrected chi connectivity index (χ0v) is 14.9. The van der Waals surface area contributed by atoms with Gasteiger partial charge in [-0.05, 0) is 64.0 Å². The molecule has 0 radical (unpaired) electrons. The van der Waals surface area contributed by atoms with Gasteiger partial charge in [0.05, 0.1) is 5.69 Å². The third kappa shape index (κ3) is 4.59. The fraction of sp³-hybridized carbons (Fsp3) is 0.562. The molecule has 124 valence electrons. The molecule has 2 aromatic heterocycles. The Kier molecular flexibility index (Phi) is 7.63. The summed E-state index contributed by atoms with van der Waals surface area (Å²) in [5.41, 5.74) is 3.51. The number of likely N-dealkylation sites (tertiary alicyclic amines) is 1. The lowest BCUT2D eigenvalue weighted by molar-refractivity contribution is 0.175. The first kappa shape index (κ1) is 19.2. The smallest absolute Gasteiger partial charge is 0.137 e. The Hall–Kier alpha value is -0.810. The number of nitrogens with zero attached hydrogens (tertiary/aromatic N) is 3. The molecule has 0 bridgehead atoms. The first-order valence-corrected chi connectivity index (χ1v) is 7.56. The molecule has 1 aliphatic heterocycles.